The summed E-state index contributed by atoms with van der Waals surface area (Å²) in [6, 6.07) is 9.99. The number of amides is 1. The maximum atomic E-state index is 13.8. The second-order valence-corrected chi connectivity index (χ2v) is 5.77. The number of aryl methyl sites for hydroxylation is 1. The number of hydrogen-bond acceptors (Lipinski definition) is 5. The number of carbonyl (C=O) groups is 1. The van der Waals surface area contributed by atoms with Gasteiger partial charge in [0.2, 0.25) is 0 Å². The fourth-order valence-corrected chi connectivity index (χ4v) is 2.41. The second-order valence-electron chi connectivity index (χ2n) is 5.77. The zero-order chi connectivity index (χ0) is 20.3. The fourth-order valence-electron chi connectivity index (χ4n) is 2.41. The van der Waals surface area contributed by atoms with Crippen LogP contribution in [-0.2, 0) is 4.79 Å². The van der Waals surface area contributed by atoms with Gasteiger partial charge in [0.1, 0.15) is 11.6 Å². The van der Waals surface area contributed by atoms with Crippen LogP contribution in [0.15, 0.2) is 48.5 Å². The van der Waals surface area contributed by atoms with Crippen LogP contribution in [0.2, 0.25) is 0 Å². The lowest BCUT2D eigenvalue weighted by Crippen LogP contribution is -2.22. The first-order valence-electron chi connectivity index (χ1n) is 8.02. The minimum Gasteiger partial charge on any atom is -0.481 e. The number of non-ortho nitro benzene ring substituents is 1. The van der Waals surface area contributed by atoms with E-state index in [4.69, 9.17) is 4.74 Å². The van der Waals surface area contributed by atoms with Gasteiger partial charge in [-0.25, -0.2) is 13.5 Å². The Kier molecular flexibility index (Phi) is 5.30. The van der Waals surface area contributed by atoms with Gasteiger partial charge in [-0.1, -0.05) is 0 Å². The number of ether oxygens (including phenoxy) is 1. The van der Waals surface area contributed by atoms with E-state index >= 15 is 0 Å². The van der Waals surface area contributed by atoms with Crippen LogP contribution in [0.25, 0.3) is 5.69 Å². The van der Waals surface area contributed by atoms with Crippen LogP contribution in [-0.4, -0.2) is 27.2 Å². The zero-order valence-corrected chi connectivity index (χ0v) is 14.6. The van der Waals surface area contributed by atoms with Crippen molar-refractivity contribution in [2.45, 2.75) is 6.92 Å². The SMILES string of the molecule is Cc1cc(NC(=O)COc2ccc([N+](=O)[O-])cc2F)n(-c2ccc(F)cc2)n1. The number of rotatable bonds is 6. The number of carbonyl (C=O) groups excluding carboxylic acids is 1. The van der Waals surface area contributed by atoms with E-state index in [1.54, 1.807) is 13.0 Å². The highest BCUT2D eigenvalue weighted by Crippen LogP contribution is 2.23. The van der Waals surface area contributed by atoms with Crippen LogP contribution in [0.3, 0.4) is 0 Å². The van der Waals surface area contributed by atoms with Crippen LogP contribution < -0.4 is 10.1 Å². The van der Waals surface area contributed by atoms with Crippen molar-refractivity contribution in [1.82, 2.24) is 9.78 Å². The van der Waals surface area contributed by atoms with E-state index in [1.807, 2.05) is 0 Å². The molecule has 0 aliphatic rings. The smallest absolute Gasteiger partial charge is 0.272 e. The molecule has 1 heterocycles. The Hall–Kier alpha value is -3.82. The maximum absolute atomic E-state index is 13.8. The molecule has 0 saturated carbocycles. The van der Waals surface area contributed by atoms with Crippen molar-refractivity contribution in [3.63, 3.8) is 0 Å². The lowest BCUT2D eigenvalue weighted by Gasteiger charge is -2.10. The molecule has 0 aliphatic heterocycles. The first-order chi connectivity index (χ1) is 13.3. The lowest BCUT2D eigenvalue weighted by molar-refractivity contribution is -0.385. The molecule has 0 fully saturated rings. The number of nitro benzene ring substituents is 1. The Balaban J connectivity index is 1.69. The van der Waals surface area contributed by atoms with Crippen LogP contribution in [0.5, 0.6) is 5.75 Å². The molecule has 2 aromatic carbocycles. The minimum atomic E-state index is -0.950. The summed E-state index contributed by atoms with van der Waals surface area (Å²) in [6.07, 6.45) is 0. The van der Waals surface area contributed by atoms with E-state index in [1.165, 1.54) is 28.9 Å². The van der Waals surface area contributed by atoms with Gasteiger partial charge in [0.05, 0.1) is 22.4 Å². The molecule has 0 atom stereocenters. The predicted molar refractivity (Wildman–Crippen MR) is 95.4 cm³/mol. The molecular formula is C18H14F2N4O4. The number of anilines is 1. The highest BCUT2D eigenvalue weighted by molar-refractivity contribution is 5.91. The standard InChI is InChI=1S/C18H14F2N4O4/c1-11-8-17(23(22-11)13-4-2-12(19)3-5-13)21-18(25)10-28-16-7-6-14(24(26)27)9-15(16)20/h2-9H,10H2,1H3,(H,21,25). The van der Waals surface area contributed by atoms with Gasteiger partial charge in [0.15, 0.2) is 18.2 Å². The Labute approximate surface area is 157 Å². The van der Waals surface area contributed by atoms with Gasteiger partial charge >= 0.3 is 0 Å². The summed E-state index contributed by atoms with van der Waals surface area (Å²) in [5.41, 5.74) is 0.724. The van der Waals surface area contributed by atoms with Crippen LogP contribution in [0.4, 0.5) is 20.3 Å². The molecule has 144 valence electrons. The van der Waals surface area contributed by atoms with Crippen molar-refractivity contribution in [3.05, 3.63) is 76.0 Å². The molecule has 0 unspecified atom stereocenters. The number of aromatic nitrogens is 2. The highest BCUT2D eigenvalue weighted by atomic mass is 19.1. The molecule has 0 spiro atoms. The highest BCUT2D eigenvalue weighted by Gasteiger charge is 2.15. The lowest BCUT2D eigenvalue weighted by atomic mass is 10.3. The maximum Gasteiger partial charge on any atom is 0.272 e. The zero-order valence-electron chi connectivity index (χ0n) is 14.6. The predicted octanol–water partition coefficient (Wildman–Crippen LogP) is 3.38. The van der Waals surface area contributed by atoms with Gasteiger partial charge in [-0.15, -0.1) is 0 Å². The van der Waals surface area contributed by atoms with Crippen molar-refractivity contribution in [2.75, 3.05) is 11.9 Å². The van der Waals surface area contributed by atoms with Gasteiger partial charge in [-0.2, -0.15) is 5.10 Å². The van der Waals surface area contributed by atoms with Crippen LogP contribution in [0.1, 0.15) is 5.69 Å². The summed E-state index contributed by atoms with van der Waals surface area (Å²) in [5.74, 6) is -1.92. The first-order valence-corrected chi connectivity index (χ1v) is 8.02. The molecule has 28 heavy (non-hydrogen) atoms. The summed E-state index contributed by atoms with van der Waals surface area (Å²) in [6.45, 7) is 1.20. The molecule has 1 amide bonds. The van der Waals surface area contributed by atoms with Crippen LogP contribution >= 0.6 is 0 Å². The molecule has 0 radical (unpaired) electrons. The summed E-state index contributed by atoms with van der Waals surface area (Å²) in [7, 11) is 0. The molecule has 0 saturated heterocycles. The van der Waals surface area contributed by atoms with Gasteiger partial charge in [0.25, 0.3) is 11.6 Å². The van der Waals surface area contributed by atoms with Gasteiger partial charge in [0, 0.05) is 12.1 Å². The molecule has 3 rings (SSSR count). The van der Waals surface area contributed by atoms with E-state index in [2.05, 4.69) is 10.4 Å². The average molecular weight is 388 g/mol. The number of nitrogens with zero attached hydrogens (tertiary/aromatic N) is 3. The van der Waals surface area contributed by atoms with Crippen molar-refractivity contribution in [1.29, 1.82) is 0 Å². The summed E-state index contributed by atoms with van der Waals surface area (Å²) in [4.78, 5) is 22.0. The van der Waals surface area contributed by atoms with E-state index in [0.29, 0.717) is 23.3 Å². The molecule has 0 bridgehead atoms. The van der Waals surface area contributed by atoms with E-state index in [-0.39, 0.29) is 5.75 Å². The second kappa shape index (κ2) is 7.82. The Morgan fingerprint density at radius 2 is 1.93 bits per heavy atom. The van der Waals surface area contributed by atoms with E-state index in [0.717, 1.165) is 12.1 Å². The fraction of sp³-hybridized carbons (Fsp3) is 0.111. The molecular weight excluding hydrogens is 374 g/mol. The van der Waals surface area contributed by atoms with Gasteiger partial charge in [-0.3, -0.25) is 14.9 Å². The molecule has 10 heteroatoms. The van der Waals surface area contributed by atoms with Crippen molar-refractivity contribution in [2.24, 2.45) is 0 Å². The molecule has 1 aromatic heterocycles. The summed E-state index contributed by atoms with van der Waals surface area (Å²) in [5, 5.41) is 17.4. The third kappa shape index (κ3) is 4.29. The Bertz CT molecular complexity index is 1030. The largest absolute Gasteiger partial charge is 0.481 e. The average Bonchev–Trinajstić information content (AvgIpc) is 3.01. The number of nitrogens with one attached hydrogen (secondary N) is 1. The number of hydrogen-bond donors (Lipinski definition) is 1. The van der Waals surface area contributed by atoms with Gasteiger partial charge < -0.3 is 10.1 Å². The summed E-state index contributed by atoms with van der Waals surface area (Å²) < 4.78 is 33.4. The molecule has 0 aliphatic carbocycles. The number of halogens is 2. The number of nitro groups is 1. The number of benzene rings is 2. The normalized spacial score (nSPS) is 10.5. The molecule has 8 nitrogen and oxygen atoms in total. The molecule has 1 N–H and O–H groups in total. The van der Waals surface area contributed by atoms with Crippen molar-refractivity contribution < 1.29 is 23.2 Å². The third-order valence-corrected chi connectivity index (χ3v) is 3.66. The third-order valence-electron chi connectivity index (χ3n) is 3.66. The van der Waals surface area contributed by atoms with E-state index < -0.39 is 34.8 Å². The Morgan fingerprint density at radius 3 is 2.57 bits per heavy atom. The Morgan fingerprint density at radius 1 is 1.21 bits per heavy atom. The van der Waals surface area contributed by atoms with Crippen molar-refractivity contribution in [3.8, 4) is 11.4 Å². The molecule has 3 aromatic rings. The van der Waals surface area contributed by atoms with Gasteiger partial charge in [-0.05, 0) is 37.3 Å². The van der Waals surface area contributed by atoms with Crippen LogP contribution in [0, 0.1) is 28.7 Å². The first kappa shape index (κ1) is 19.0. The monoisotopic (exact) mass is 388 g/mol. The van der Waals surface area contributed by atoms with Crippen molar-refractivity contribution >= 4 is 17.4 Å². The summed E-state index contributed by atoms with van der Waals surface area (Å²) >= 11 is 0. The van der Waals surface area contributed by atoms with E-state index in [9.17, 15) is 23.7 Å². The topological polar surface area (TPSA) is 99.3 Å². The quantitative estimate of drug-likeness (QED) is 0.515. The minimum absolute atomic E-state index is 0.288.